The molecular weight excluding hydrogens is 741 g/mol. The van der Waals surface area contributed by atoms with E-state index in [-0.39, 0.29) is 32.2 Å². The maximum Gasteiger partial charge on any atom is 0.306 e. The van der Waals surface area contributed by atoms with E-state index in [1.807, 2.05) is 34.1 Å². The lowest BCUT2D eigenvalue weighted by atomic mass is 10.1. The van der Waals surface area contributed by atoms with Gasteiger partial charge in [0.15, 0.2) is 6.10 Å². The Bertz CT molecular complexity index is 1170. The number of hydrogen-bond donors (Lipinski definition) is 1. The SMILES string of the molecule is CCCCCCCC/C=C\CCCCCCCC(=O)O[C@H](COC(=O)CCC/C=C\C/C=C\C/C=C\C/C=C\CC[C@@H](O)CC)COP(=O)([O-])OCC[N+](C)(C)C. The van der Waals surface area contributed by atoms with E-state index < -0.39 is 32.5 Å². The van der Waals surface area contributed by atoms with Crippen LogP contribution in [0.3, 0.4) is 0 Å². The van der Waals surface area contributed by atoms with Crippen LogP contribution in [0.5, 0.6) is 0 Å². The van der Waals surface area contributed by atoms with Crippen LogP contribution in [0.25, 0.3) is 0 Å². The summed E-state index contributed by atoms with van der Waals surface area (Å²) in [6.07, 6.45) is 41.9. The average molecular weight is 824 g/mol. The number of phosphoric acid groups is 1. The van der Waals surface area contributed by atoms with E-state index in [0.29, 0.717) is 30.3 Å². The minimum atomic E-state index is -4.65. The third kappa shape index (κ3) is 41.6. The molecule has 0 aromatic rings. The summed E-state index contributed by atoms with van der Waals surface area (Å²) >= 11 is 0. The number of carbonyl (C=O) groups is 2. The Morgan fingerprint density at radius 2 is 1.12 bits per heavy atom. The first-order valence-corrected chi connectivity index (χ1v) is 23.5. The van der Waals surface area contributed by atoms with Crippen molar-refractivity contribution in [3.05, 3.63) is 60.8 Å². The molecule has 0 amide bonds. The fraction of sp³-hybridized carbons (Fsp3) is 0.739. The Kier molecular flexibility index (Phi) is 36.4. The standard InChI is InChI=1S/C46H82NO9P/c1-6-8-9-10-11-12-13-14-15-20-23-26-29-32-35-38-46(50)56-44(42-55-57(51,52)54-40-39-47(3,4)5)41-53-45(49)37-34-31-28-25-22-19-17-16-18-21-24-27-30-33-36-43(48)7-2/h14-15,17-19,21,25,27-28,30,43-44,48H,6-13,16,20,22-24,26,29,31-42H2,1-5H3/b15-14-,19-17-,21-18-,28-25-,30-27-/t43-,44+/m0/s1. The van der Waals surface area contributed by atoms with Crippen molar-refractivity contribution in [2.75, 3.05) is 47.5 Å². The molecule has 0 heterocycles. The lowest BCUT2D eigenvalue weighted by molar-refractivity contribution is -0.870. The molecule has 0 spiro atoms. The predicted octanol–water partition coefficient (Wildman–Crippen LogP) is 10.8. The van der Waals surface area contributed by atoms with Crippen LogP contribution >= 0.6 is 7.82 Å². The molecule has 330 valence electrons. The van der Waals surface area contributed by atoms with E-state index in [9.17, 15) is 24.2 Å². The van der Waals surface area contributed by atoms with Crippen LogP contribution in [0.15, 0.2) is 60.8 Å². The molecule has 10 nitrogen and oxygen atoms in total. The number of unbranched alkanes of at least 4 members (excludes halogenated alkanes) is 12. The highest BCUT2D eigenvalue weighted by atomic mass is 31.2. The highest BCUT2D eigenvalue weighted by Gasteiger charge is 2.21. The fourth-order valence-corrected chi connectivity index (χ4v) is 6.23. The van der Waals surface area contributed by atoms with Gasteiger partial charge in [0, 0.05) is 12.8 Å². The van der Waals surface area contributed by atoms with Gasteiger partial charge >= 0.3 is 11.9 Å². The minimum absolute atomic E-state index is 0.0489. The topological polar surface area (TPSA) is 131 Å². The summed E-state index contributed by atoms with van der Waals surface area (Å²) in [7, 11) is 1.10. The first-order valence-electron chi connectivity index (χ1n) is 22.1. The number of esters is 2. The largest absolute Gasteiger partial charge is 0.756 e. The van der Waals surface area contributed by atoms with Crippen molar-refractivity contribution in [1.82, 2.24) is 0 Å². The summed E-state index contributed by atoms with van der Waals surface area (Å²) in [6, 6.07) is 0. The highest BCUT2D eigenvalue weighted by molar-refractivity contribution is 7.45. The molecule has 3 atom stereocenters. The van der Waals surface area contributed by atoms with Crippen molar-refractivity contribution in [2.45, 2.75) is 174 Å². The van der Waals surface area contributed by atoms with Gasteiger partial charge in [-0.1, -0.05) is 126 Å². The van der Waals surface area contributed by atoms with Gasteiger partial charge < -0.3 is 33.0 Å². The monoisotopic (exact) mass is 824 g/mol. The van der Waals surface area contributed by atoms with E-state index in [4.69, 9.17) is 18.5 Å². The van der Waals surface area contributed by atoms with Crippen LogP contribution < -0.4 is 4.89 Å². The molecule has 0 rings (SSSR count). The van der Waals surface area contributed by atoms with E-state index in [1.165, 1.54) is 44.9 Å². The number of aliphatic hydroxyl groups is 1. The van der Waals surface area contributed by atoms with Gasteiger partial charge in [0.2, 0.25) is 0 Å². The van der Waals surface area contributed by atoms with Gasteiger partial charge in [-0.05, 0) is 83.5 Å². The Hall–Kier alpha value is -2.33. The summed E-state index contributed by atoms with van der Waals surface area (Å²) in [4.78, 5) is 37.5. The van der Waals surface area contributed by atoms with Gasteiger partial charge in [0.25, 0.3) is 7.82 Å². The second kappa shape index (κ2) is 37.9. The zero-order valence-electron chi connectivity index (χ0n) is 36.6. The Labute approximate surface area is 348 Å². The van der Waals surface area contributed by atoms with Gasteiger partial charge in [-0.3, -0.25) is 14.2 Å². The molecule has 57 heavy (non-hydrogen) atoms. The summed E-state index contributed by atoms with van der Waals surface area (Å²) in [5, 5.41) is 9.56. The van der Waals surface area contributed by atoms with Crippen molar-refractivity contribution in [1.29, 1.82) is 0 Å². The second-order valence-corrected chi connectivity index (χ2v) is 17.3. The maximum absolute atomic E-state index is 12.7. The number of phosphoric ester groups is 1. The number of ether oxygens (including phenoxy) is 2. The third-order valence-corrected chi connectivity index (χ3v) is 10.1. The predicted molar refractivity (Wildman–Crippen MR) is 232 cm³/mol. The Morgan fingerprint density at radius 1 is 0.632 bits per heavy atom. The number of rotatable bonds is 39. The highest BCUT2D eigenvalue weighted by Crippen LogP contribution is 2.38. The molecule has 0 aromatic carbocycles. The molecule has 0 aliphatic carbocycles. The van der Waals surface area contributed by atoms with Crippen molar-refractivity contribution < 1.29 is 47.2 Å². The van der Waals surface area contributed by atoms with Crippen molar-refractivity contribution in [2.24, 2.45) is 0 Å². The van der Waals surface area contributed by atoms with Crippen LogP contribution in [0.4, 0.5) is 0 Å². The van der Waals surface area contributed by atoms with Crippen molar-refractivity contribution in [3.63, 3.8) is 0 Å². The van der Waals surface area contributed by atoms with E-state index in [0.717, 1.165) is 70.6 Å². The number of quaternary nitrogens is 1. The molecule has 0 fully saturated rings. The first kappa shape index (κ1) is 54.7. The summed E-state index contributed by atoms with van der Waals surface area (Å²) in [5.74, 6) is -0.932. The lowest BCUT2D eigenvalue weighted by Gasteiger charge is -2.28. The minimum Gasteiger partial charge on any atom is -0.756 e. The number of nitrogens with zero attached hydrogens (tertiary/aromatic N) is 1. The lowest BCUT2D eigenvalue weighted by Crippen LogP contribution is -2.37. The quantitative estimate of drug-likeness (QED) is 0.0212. The van der Waals surface area contributed by atoms with Crippen LogP contribution in [0.2, 0.25) is 0 Å². The van der Waals surface area contributed by atoms with Crippen LogP contribution in [-0.4, -0.2) is 81.2 Å². The van der Waals surface area contributed by atoms with Crippen molar-refractivity contribution >= 4 is 19.8 Å². The van der Waals surface area contributed by atoms with Crippen molar-refractivity contribution in [3.8, 4) is 0 Å². The molecule has 0 aliphatic heterocycles. The molecule has 0 radical (unpaired) electrons. The van der Waals surface area contributed by atoms with Crippen LogP contribution in [0.1, 0.15) is 162 Å². The Balaban J connectivity index is 4.48. The normalized spacial score (nSPS) is 14.7. The third-order valence-electron chi connectivity index (χ3n) is 9.17. The number of likely N-dealkylation sites (N-methyl/N-ethyl adjacent to an activating group) is 1. The van der Waals surface area contributed by atoms with E-state index >= 15 is 0 Å². The smallest absolute Gasteiger partial charge is 0.306 e. The van der Waals surface area contributed by atoms with Gasteiger partial charge in [-0.25, -0.2) is 0 Å². The van der Waals surface area contributed by atoms with Gasteiger partial charge in [0.05, 0.1) is 33.9 Å². The summed E-state index contributed by atoms with van der Waals surface area (Å²) in [5.41, 5.74) is 0. The number of hydrogen-bond acceptors (Lipinski definition) is 9. The van der Waals surface area contributed by atoms with E-state index in [1.54, 1.807) is 0 Å². The summed E-state index contributed by atoms with van der Waals surface area (Å²) in [6.45, 7) is 3.84. The number of aliphatic hydroxyl groups excluding tert-OH is 1. The van der Waals surface area contributed by atoms with Gasteiger partial charge in [-0.2, -0.15) is 0 Å². The molecule has 0 bridgehead atoms. The molecule has 1 N–H and O–H groups in total. The molecule has 11 heteroatoms. The maximum atomic E-state index is 12.7. The van der Waals surface area contributed by atoms with Crippen LogP contribution in [0, 0.1) is 0 Å². The van der Waals surface area contributed by atoms with Gasteiger partial charge in [0.1, 0.15) is 19.8 Å². The molecule has 0 aliphatic rings. The molecule has 0 aromatic heterocycles. The van der Waals surface area contributed by atoms with Gasteiger partial charge in [-0.15, -0.1) is 0 Å². The molecular formula is C46H82NO9P. The zero-order chi connectivity index (χ0) is 42.3. The zero-order valence-corrected chi connectivity index (χ0v) is 37.5. The molecule has 0 saturated carbocycles. The average Bonchev–Trinajstić information content (AvgIpc) is 3.16. The molecule has 1 unspecified atom stereocenters. The first-order chi connectivity index (χ1) is 27.4. The van der Waals surface area contributed by atoms with Crippen LogP contribution in [-0.2, 0) is 32.7 Å². The second-order valence-electron chi connectivity index (χ2n) is 15.8. The Morgan fingerprint density at radius 3 is 1.70 bits per heavy atom. The number of allylic oxidation sites excluding steroid dienone is 10. The number of carbonyl (C=O) groups excluding carboxylic acids is 2. The summed E-state index contributed by atoms with van der Waals surface area (Å²) < 4.78 is 33.8. The molecule has 0 saturated heterocycles. The van der Waals surface area contributed by atoms with E-state index in [2.05, 4.69) is 61.6 Å². The fourth-order valence-electron chi connectivity index (χ4n) is 5.50.